The normalized spacial score (nSPS) is 17.5. The van der Waals surface area contributed by atoms with Crippen LogP contribution in [0.1, 0.15) is 56.8 Å². The van der Waals surface area contributed by atoms with Crippen molar-refractivity contribution in [3.05, 3.63) is 136 Å². The number of carbonyl (C=O) groups excluding carboxylic acids is 1. The topological polar surface area (TPSA) is 146 Å². The molecule has 0 spiro atoms. The number of hydrogen-bond acceptors (Lipinski definition) is 7. The van der Waals surface area contributed by atoms with Crippen molar-refractivity contribution in [1.82, 2.24) is 28.9 Å². The average molecular weight is 827 g/mol. The number of likely N-dealkylation sites (tertiary alicyclic amines) is 2. The van der Waals surface area contributed by atoms with Gasteiger partial charge in [0.1, 0.15) is 0 Å². The molecule has 0 aliphatic carbocycles. The zero-order valence-electron chi connectivity index (χ0n) is 29.5. The van der Waals surface area contributed by atoms with E-state index in [1.807, 2.05) is 24.3 Å². The molecule has 0 saturated carbocycles. The van der Waals surface area contributed by atoms with Crippen molar-refractivity contribution >= 4 is 80.4 Å². The second-order valence-corrected chi connectivity index (χ2v) is 15.4. The van der Waals surface area contributed by atoms with Gasteiger partial charge in [-0.15, -0.1) is 0 Å². The highest BCUT2D eigenvalue weighted by Crippen LogP contribution is 2.30. The summed E-state index contributed by atoms with van der Waals surface area (Å²) in [6.45, 7) is 4.43. The third-order valence-electron chi connectivity index (χ3n) is 10.1. The van der Waals surface area contributed by atoms with E-state index in [2.05, 4.69) is 19.8 Å². The lowest BCUT2D eigenvalue weighted by Crippen LogP contribution is -2.26. The van der Waals surface area contributed by atoms with Gasteiger partial charge < -0.3 is 19.8 Å². The number of H-pyrrole nitrogens is 2. The van der Waals surface area contributed by atoms with Gasteiger partial charge in [0.05, 0.1) is 52.4 Å². The van der Waals surface area contributed by atoms with E-state index in [-0.39, 0.29) is 29.0 Å². The summed E-state index contributed by atoms with van der Waals surface area (Å²) in [4.78, 5) is 58.3. The van der Waals surface area contributed by atoms with Crippen LogP contribution in [0.4, 0.5) is 0 Å². The number of carbonyl (C=O) groups is 2. The van der Waals surface area contributed by atoms with Crippen molar-refractivity contribution < 1.29 is 19.4 Å². The van der Waals surface area contributed by atoms with E-state index in [4.69, 9.17) is 51.1 Å². The molecule has 16 heteroatoms. The number of aromatic nitrogens is 4. The SMILES string of the molecule is COC(=O)c1ccc2[nH]c(=O)n([C@@H]3CCN(Cc4ccc(Cl)cc4Cl)C3)c2c1.O=C(O)c1ccc2[nH]c(=O)n([C@@H]3CCN(Cc4ccc(Cl)cc4Cl)C3)c2c1. The van der Waals surface area contributed by atoms with Crippen molar-refractivity contribution in [2.75, 3.05) is 33.3 Å². The summed E-state index contributed by atoms with van der Waals surface area (Å²) < 4.78 is 8.21. The second-order valence-electron chi connectivity index (χ2n) is 13.7. The summed E-state index contributed by atoms with van der Waals surface area (Å²) in [5.74, 6) is -1.44. The van der Waals surface area contributed by atoms with Crippen LogP contribution in [-0.2, 0) is 17.8 Å². The molecule has 2 aliphatic heterocycles. The minimum Gasteiger partial charge on any atom is -0.478 e. The number of imidazole rings is 2. The largest absolute Gasteiger partial charge is 0.478 e. The van der Waals surface area contributed by atoms with Crippen molar-refractivity contribution in [3.63, 3.8) is 0 Å². The number of rotatable bonds is 8. The van der Waals surface area contributed by atoms with Crippen LogP contribution in [-0.4, -0.2) is 79.2 Å². The molecule has 2 fully saturated rings. The van der Waals surface area contributed by atoms with Gasteiger partial charge in [0.2, 0.25) is 0 Å². The van der Waals surface area contributed by atoms with Crippen LogP contribution in [0, 0.1) is 0 Å². The van der Waals surface area contributed by atoms with Gasteiger partial charge in [-0.1, -0.05) is 58.5 Å². The fourth-order valence-corrected chi connectivity index (χ4v) is 8.40. The number of esters is 1. The van der Waals surface area contributed by atoms with Gasteiger partial charge in [-0.05, 0) is 84.6 Å². The molecule has 2 aromatic heterocycles. The molecule has 0 amide bonds. The molecular formula is C39H36Cl4N6O6. The first-order valence-corrected chi connectivity index (χ1v) is 19.0. The Labute approximate surface area is 334 Å². The molecule has 2 saturated heterocycles. The Kier molecular flexibility index (Phi) is 11.4. The molecule has 3 N–H and O–H groups in total. The molecule has 8 rings (SSSR count). The molecule has 4 aromatic carbocycles. The fourth-order valence-electron chi connectivity index (χ4n) is 7.46. The first-order valence-electron chi connectivity index (χ1n) is 17.5. The number of hydrogen-bond donors (Lipinski definition) is 3. The number of carboxylic acids is 1. The molecule has 0 bridgehead atoms. The molecule has 4 heterocycles. The number of carboxylic acid groups (broad SMARTS) is 1. The van der Waals surface area contributed by atoms with Gasteiger partial charge in [0.25, 0.3) is 0 Å². The first kappa shape index (κ1) is 38.7. The zero-order valence-corrected chi connectivity index (χ0v) is 32.6. The monoisotopic (exact) mass is 824 g/mol. The standard InChI is InChI=1S/C20H19Cl2N3O3.C19H17Cl2N3O3/c1-28-19(26)12-3-5-17-18(8-12)25(20(27)23-17)15-6-7-24(11-15)10-13-2-4-14(21)9-16(13)22;20-13-3-1-12(15(21)8-13)9-23-6-5-14(10-23)24-17-7-11(18(25)26)2-4-16(17)22-19(24)27/h2-5,8-9,15H,6-7,10-11H2,1H3,(H,23,27);1-4,7-8,14H,5-6,9-10H2,(H,22,27)(H,25,26)/t15-;14-/m11/s1. The Balaban J connectivity index is 0.000000169. The van der Waals surface area contributed by atoms with Crippen LogP contribution < -0.4 is 11.4 Å². The summed E-state index contributed by atoms with van der Waals surface area (Å²) in [6.07, 6.45) is 1.63. The summed E-state index contributed by atoms with van der Waals surface area (Å²) >= 11 is 24.5. The minimum atomic E-state index is -1.01. The van der Waals surface area contributed by atoms with Crippen LogP contribution >= 0.6 is 46.4 Å². The third kappa shape index (κ3) is 8.35. The molecule has 55 heavy (non-hydrogen) atoms. The molecular weight excluding hydrogens is 790 g/mol. The summed E-state index contributed by atoms with van der Waals surface area (Å²) in [6, 6.07) is 20.7. The summed E-state index contributed by atoms with van der Waals surface area (Å²) in [5.41, 5.74) is 4.87. The van der Waals surface area contributed by atoms with Crippen molar-refractivity contribution in [1.29, 1.82) is 0 Å². The number of benzene rings is 4. The van der Waals surface area contributed by atoms with Crippen LogP contribution in [0.25, 0.3) is 22.1 Å². The van der Waals surface area contributed by atoms with Crippen molar-refractivity contribution in [2.24, 2.45) is 0 Å². The summed E-state index contributed by atoms with van der Waals surface area (Å²) in [5, 5.41) is 11.7. The van der Waals surface area contributed by atoms with Crippen LogP contribution in [0.15, 0.2) is 82.4 Å². The quantitative estimate of drug-likeness (QED) is 0.133. The number of nitrogens with zero attached hydrogens (tertiary/aromatic N) is 4. The van der Waals surface area contributed by atoms with E-state index in [0.29, 0.717) is 73.9 Å². The maximum absolute atomic E-state index is 12.6. The molecule has 6 aromatic rings. The van der Waals surface area contributed by atoms with Gasteiger partial charge in [-0.25, -0.2) is 19.2 Å². The minimum absolute atomic E-state index is 0.0141. The maximum atomic E-state index is 12.6. The highest BCUT2D eigenvalue weighted by molar-refractivity contribution is 6.35. The van der Waals surface area contributed by atoms with E-state index in [0.717, 1.165) is 37.1 Å². The molecule has 12 nitrogen and oxygen atoms in total. The number of methoxy groups -OCH3 is 1. The second kappa shape index (κ2) is 16.3. The Morgan fingerprint density at radius 1 is 0.691 bits per heavy atom. The average Bonchev–Trinajstić information content (AvgIpc) is 3.94. The van der Waals surface area contributed by atoms with Crippen molar-refractivity contribution in [3.8, 4) is 0 Å². The van der Waals surface area contributed by atoms with E-state index < -0.39 is 11.9 Å². The van der Waals surface area contributed by atoms with E-state index in [1.165, 1.54) is 13.2 Å². The Hall–Kier alpha value is -4.56. The van der Waals surface area contributed by atoms with Gasteiger partial charge in [-0.3, -0.25) is 18.9 Å². The lowest BCUT2D eigenvalue weighted by atomic mass is 10.2. The van der Waals surface area contributed by atoms with Gasteiger partial charge in [0.15, 0.2) is 0 Å². The number of fused-ring (bicyclic) bond motifs is 2. The van der Waals surface area contributed by atoms with E-state index >= 15 is 0 Å². The maximum Gasteiger partial charge on any atom is 0.337 e. The lowest BCUT2D eigenvalue weighted by molar-refractivity contribution is 0.0600. The van der Waals surface area contributed by atoms with Gasteiger partial charge >= 0.3 is 23.3 Å². The first-order chi connectivity index (χ1) is 26.4. The van der Waals surface area contributed by atoms with Crippen LogP contribution in [0.2, 0.25) is 20.1 Å². The van der Waals surface area contributed by atoms with E-state index in [9.17, 15) is 24.3 Å². The molecule has 2 atom stereocenters. The van der Waals surface area contributed by atoms with Gasteiger partial charge in [-0.2, -0.15) is 0 Å². The number of ether oxygens (including phenoxy) is 1. The van der Waals surface area contributed by atoms with Crippen molar-refractivity contribution in [2.45, 2.75) is 38.0 Å². The Morgan fingerprint density at radius 2 is 1.15 bits per heavy atom. The molecule has 0 radical (unpaired) electrons. The highest BCUT2D eigenvalue weighted by Gasteiger charge is 2.29. The van der Waals surface area contributed by atoms with E-state index in [1.54, 1.807) is 51.6 Å². The lowest BCUT2D eigenvalue weighted by Gasteiger charge is -2.17. The predicted molar refractivity (Wildman–Crippen MR) is 214 cm³/mol. The Bertz CT molecular complexity index is 2540. The highest BCUT2D eigenvalue weighted by atomic mass is 35.5. The number of aromatic carboxylic acids is 1. The molecule has 286 valence electrons. The van der Waals surface area contributed by atoms with Crippen LogP contribution in [0.3, 0.4) is 0 Å². The third-order valence-corrected chi connectivity index (χ3v) is 11.3. The number of aromatic amines is 2. The Morgan fingerprint density at radius 3 is 1.58 bits per heavy atom. The summed E-state index contributed by atoms with van der Waals surface area (Å²) in [7, 11) is 1.34. The molecule has 2 aliphatic rings. The van der Waals surface area contributed by atoms with Gasteiger partial charge in [0, 0.05) is 59.4 Å². The predicted octanol–water partition coefficient (Wildman–Crippen LogP) is 7.65. The molecule has 0 unspecified atom stereocenters. The number of halogens is 4. The number of nitrogens with one attached hydrogen (secondary N) is 2. The van der Waals surface area contributed by atoms with Crippen LogP contribution in [0.5, 0.6) is 0 Å². The zero-order chi connectivity index (χ0) is 39.0. The smallest absolute Gasteiger partial charge is 0.337 e. The fraction of sp³-hybridized carbons (Fsp3) is 0.282.